The predicted molar refractivity (Wildman–Crippen MR) is 266 cm³/mol. The highest BCUT2D eigenvalue weighted by molar-refractivity contribution is 8.78. The molecule has 0 aromatic carbocycles. The summed E-state index contributed by atoms with van der Waals surface area (Å²) in [5, 5.41) is 88.1. The van der Waals surface area contributed by atoms with Gasteiger partial charge >= 0.3 is 11.9 Å². The molecule has 13 unspecified atom stereocenters. The molecule has 6 aliphatic rings. The number of carboxylic acid groups (broad SMARTS) is 1. The molecule has 1 aliphatic carbocycles. The highest BCUT2D eigenvalue weighted by Crippen LogP contribution is 2.47. The topological polar surface area (TPSA) is 360 Å². The Morgan fingerprint density at radius 1 is 1.03 bits per heavy atom. The molecule has 0 aromatic rings. The van der Waals surface area contributed by atoms with Crippen LogP contribution in [-0.2, 0) is 33.3 Å². The highest BCUT2D eigenvalue weighted by atomic mass is 33.1. The van der Waals surface area contributed by atoms with Crippen LogP contribution in [-0.4, -0.2) is 193 Å². The molecule has 392 valence electrons. The zero-order valence-electron chi connectivity index (χ0n) is 38.9. The summed E-state index contributed by atoms with van der Waals surface area (Å²) in [5.41, 5.74) is 18.2. The SMILES string of the molecule is CC(C)OC1C(OC2OC=C3C(=O)OC4CCC(CO)C4CSSC4C(CCN=C(N)N)SSCC=CC2C3C=CC2=C(NC(N)=NCCCO)C(C(=O)O)=CN(C2)C4CO)OC(CO)C(O)C1(O)O. The third-order valence-electron chi connectivity index (χ3n) is 12.7. The van der Waals surface area contributed by atoms with Crippen LogP contribution in [0.15, 0.2) is 69.2 Å². The summed E-state index contributed by atoms with van der Waals surface area (Å²) in [6, 6.07) is -0.698. The van der Waals surface area contributed by atoms with Gasteiger partial charge in [0.05, 0.1) is 59.6 Å². The second kappa shape index (κ2) is 26.1. The number of carboxylic acids is 1. The lowest BCUT2D eigenvalue weighted by molar-refractivity contribution is -0.413. The van der Waals surface area contributed by atoms with E-state index in [-0.39, 0.29) is 78.7 Å². The number of rotatable bonds is 15. The number of carbonyl (C=O) groups is 2. The number of carbonyl (C=O) groups excluding carboxylic acids is 1. The van der Waals surface area contributed by atoms with Crippen LogP contribution >= 0.6 is 43.2 Å². The Morgan fingerprint density at radius 2 is 1.81 bits per heavy atom. The van der Waals surface area contributed by atoms with E-state index in [9.17, 15) is 50.4 Å². The van der Waals surface area contributed by atoms with E-state index < -0.39 is 97.2 Å². The average molecular weight is 1060 g/mol. The van der Waals surface area contributed by atoms with Gasteiger partial charge in [0.2, 0.25) is 12.1 Å². The second-order valence-electron chi connectivity index (χ2n) is 17.8. The molecule has 70 heavy (non-hydrogen) atoms. The van der Waals surface area contributed by atoms with Crippen molar-refractivity contribution in [1.82, 2.24) is 10.2 Å². The van der Waals surface area contributed by atoms with Crippen molar-refractivity contribution in [3.05, 3.63) is 59.2 Å². The number of guanidine groups is 2. The summed E-state index contributed by atoms with van der Waals surface area (Å²) >= 11 is 0. The molecule has 15 N–H and O–H groups in total. The fourth-order valence-corrected chi connectivity index (χ4v) is 15.9. The van der Waals surface area contributed by atoms with Crippen LogP contribution in [0.3, 0.4) is 0 Å². The van der Waals surface area contributed by atoms with E-state index in [1.165, 1.54) is 44.8 Å². The lowest BCUT2D eigenvalue weighted by Gasteiger charge is -2.48. The molecule has 0 radical (unpaired) electrons. The summed E-state index contributed by atoms with van der Waals surface area (Å²) in [5.74, 6) is -6.80. The van der Waals surface area contributed by atoms with Gasteiger partial charge in [-0.25, -0.2) is 9.59 Å². The fraction of sp³-hybridized carbons (Fsp3) is 0.682. The van der Waals surface area contributed by atoms with E-state index in [1.807, 2.05) is 6.08 Å². The van der Waals surface area contributed by atoms with Crippen molar-refractivity contribution in [2.24, 2.45) is 50.9 Å². The summed E-state index contributed by atoms with van der Waals surface area (Å²) in [6.45, 7) is 2.15. The first-order valence-corrected chi connectivity index (χ1v) is 27.9. The van der Waals surface area contributed by atoms with Crippen LogP contribution in [0.1, 0.15) is 39.5 Å². The molecule has 26 heteroatoms. The number of aliphatic hydroxyl groups is 7. The van der Waals surface area contributed by atoms with E-state index in [0.717, 1.165) is 0 Å². The van der Waals surface area contributed by atoms with Crippen molar-refractivity contribution >= 4 is 67.0 Å². The monoisotopic (exact) mass is 1060 g/mol. The largest absolute Gasteiger partial charge is 0.478 e. The molecular weight excluding hydrogens is 995 g/mol. The lowest BCUT2D eigenvalue weighted by atomic mass is 9.82. The molecule has 1 saturated heterocycles. The zero-order chi connectivity index (χ0) is 50.7. The number of esters is 1. The van der Waals surface area contributed by atoms with Crippen molar-refractivity contribution in [3.63, 3.8) is 0 Å². The number of hydrogen-bond donors (Lipinski definition) is 12. The number of nitrogens with two attached hydrogens (primary N) is 3. The van der Waals surface area contributed by atoms with Crippen molar-refractivity contribution < 1.29 is 74.1 Å². The van der Waals surface area contributed by atoms with Crippen molar-refractivity contribution in [2.75, 3.05) is 57.6 Å². The van der Waals surface area contributed by atoms with E-state index in [0.29, 0.717) is 42.8 Å². The van der Waals surface area contributed by atoms with Gasteiger partial charge < -0.3 is 92.0 Å². The molecule has 6 rings (SSSR count). The Kier molecular flexibility index (Phi) is 20.9. The van der Waals surface area contributed by atoms with Crippen LogP contribution in [0.5, 0.6) is 0 Å². The van der Waals surface area contributed by atoms with Gasteiger partial charge in [0.1, 0.15) is 18.3 Å². The van der Waals surface area contributed by atoms with E-state index >= 15 is 0 Å². The lowest BCUT2D eigenvalue weighted by Crippen LogP contribution is -2.69. The minimum Gasteiger partial charge on any atom is -0.478 e. The van der Waals surface area contributed by atoms with Gasteiger partial charge in [-0.15, -0.1) is 0 Å². The maximum absolute atomic E-state index is 14.7. The first-order valence-electron chi connectivity index (χ1n) is 23.1. The minimum absolute atomic E-state index is 0.0133. The highest BCUT2D eigenvalue weighted by Gasteiger charge is 2.58. The minimum atomic E-state index is -2.97. The van der Waals surface area contributed by atoms with Gasteiger partial charge in [-0.1, -0.05) is 67.5 Å². The Balaban J connectivity index is 1.57. The van der Waals surface area contributed by atoms with Crippen LogP contribution in [0.2, 0.25) is 0 Å². The maximum Gasteiger partial charge on any atom is 0.339 e. The summed E-state index contributed by atoms with van der Waals surface area (Å²) < 4.78 is 30.9. The Morgan fingerprint density at radius 3 is 2.50 bits per heavy atom. The van der Waals surface area contributed by atoms with Crippen LogP contribution in [0, 0.1) is 23.7 Å². The van der Waals surface area contributed by atoms with Gasteiger partial charge in [0.15, 0.2) is 24.3 Å². The number of nitrogens with one attached hydrogen (secondary N) is 1. The summed E-state index contributed by atoms with van der Waals surface area (Å²) in [6.07, 6.45) is 1.86. The summed E-state index contributed by atoms with van der Waals surface area (Å²) in [4.78, 5) is 38.4. The number of hydrogen-bond acceptors (Lipinski definition) is 21. The van der Waals surface area contributed by atoms with Gasteiger partial charge in [-0.3, -0.25) is 9.98 Å². The molecule has 0 spiro atoms. The van der Waals surface area contributed by atoms with Gasteiger partial charge in [0.25, 0.3) is 0 Å². The van der Waals surface area contributed by atoms with Crippen LogP contribution < -0.4 is 22.5 Å². The predicted octanol–water partition coefficient (Wildman–Crippen LogP) is -0.553. The number of aliphatic hydroxyl groups excluding tert-OH is 5. The number of allylic oxidation sites excluding steroid dienone is 1. The number of ether oxygens (including phenoxy) is 5. The Labute approximate surface area is 422 Å². The van der Waals surface area contributed by atoms with Gasteiger partial charge in [-0.05, 0) is 51.0 Å². The zero-order valence-corrected chi connectivity index (χ0v) is 42.1. The number of aliphatic carboxylic acids is 1. The molecule has 4 bridgehead atoms. The molecular formula is C44H67N7O15S4. The van der Waals surface area contributed by atoms with Crippen LogP contribution in [0.25, 0.3) is 0 Å². The second-order valence-corrected chi connectivity index (χ2v) is 23.0. The molecule has 13 atom stereocenters. The third-order valence-corrected chi connectivity index (χ3v) is 18.7. The Bertz CT molecular complexity index is 2020. The molecule has 22 nitrogen and oxygen atoms in total. The summed E-state index contributed by atoms with van der Waals surface area (Å²) in [7, 11) is 6.06. The van der Waals surface area contributed by atoms with E-state index in [1.54, 1.807) is 47.8 Å². The molecule has 0 aromatic heterocycles. The van der Waals surface area contributed by atoms with Crippen LogP contribution in [0.4, 0.5) is 0 Å². The quantitative estimate of drug-likeness (QED) is 0.0186. The number of nitrogens with zero attached hydrogens (tertiary/aromatic N) is 3. The number of aliphatic imine (C=N–C) groups is 2. The van der Waals surface area contributed by atoms with E-state index in [2.05, 4.69) is 15.3 Å². The van der Waals surface area contributed by atoms with Crippen molar-refractivity contribution in [2.45, 2.75) is 105 Å². The van der Waals surface area contributed by atoms with Crippen molar-refractivity contribution in [1.29, 1.82) is 0 Å². The van der Waals surface area contributed by atoms with Gasteiger partial charge in [0, 0.05) is 67.6 Å². The first-order chi connectivity index (χ1) is 33.5. The third kappa shape index (κ3) is 13.7. The number of fused-ring (bicyclic) bond motifs is 2. The standard InChI is InChI=1S/C44H67N7O15S4/c1-22(2)63-37-41(65-32(19-55)36(56)44(37,60)61)66-40-26-5-3-14-67-69-33(10-12-48-42(45)46)35-30(18-54)51-15-23(34(27(16-51)38(57)58)50-43(47)49-11-4-13-52)6-8-25(26)28(20-62-40)39(59)64-31-9-7-24(17-53)29(31)21-68-70-35/h3,5-6,8,16,20,22,24-26,29-33,35-37,40-41,52-56,60-61H,4,7,9-15,17-19,21H2,1-2H3,(H,57,58)(H4,45,46,48)(H3,47,49,50). The smallest absolute Gasteiger partial charge is 0.339 e. The van der Waals surface area contributed by atoms with Crippen molar-refractivity contribution in [3.8, 4) is 0 Å². The normalized spacial score (nSPS) is 33.9. The molecule has 0 amide bonds. The fourth-order valence-electron chi connectivity index (χ4n) is 9.14. The van der Waals surface area contributed by atoms with E-state index in [4.69, 9.17) is 40.9 Å². The first kappa shape index (κ1) is 56.1. The molecule has 5 aliphatic heterocycles. The molecule has 1 saturated carbocycles. The Hall–Kier alpha value is -3.22. The molecule has 2 fully saturated rings. The van der Waals surface area contributed by atoms with Gasteiger partial charge in [-0.2, -0.15) is 0 Å². The average Bonchev–Trinajstić information content (AvgIpc) is 3.70. The maximum atomic E-state index is 14.7. The molecule has 5 heterocycles.